The molecule has 3 nitrogen and oxygen atoms in total. The van der Waals surface area contributed by atoms with Crippen molar-refractivity contribution >= 4 is 11.6 Å². The van der Waals surface area contributed by atoms with Crippen LogP contribution in [0.2, 0.25) is 5.28 Å². The van der Waals surface area contributed by atoms with Gasteiger partial charge in [0.1, 0.15) is 5.82 Å². The van der Waals surface area contributed by atoms with Crippen molar-refractivity contribution in [3.63, 3.8) is 0 Å². The van der Waals surface area contributed by atoms with E-state index < -0.39 is 0 Å². The molecule has 4 aliphatic rings. The Hall–Kier alpha value is -0.570. The molecule has 116 valence electrons. The molecule has 4 aliphatic carbocycles. The molecule has 1 aromatic heterocycles. The molecule has 21 heavy (non-hydrogen) atoms. The number of hydrogen-bond acceptors (Lipinski definition) is 2. The highest BCUT2D eigenvalue weighted by Crippen LogP contribution is 2.63. The van der Waals surface area contributed by atoms with Crippen molar-refractivity contribution < 1.29 is 0 Å². The van der Waals surface area contributed by atoms with Crippen LogP contribution in [0.25, 0.3) is 0 Å². The molecule has 0 aromatic carbocycles. The van der Waals surface area contributed by atoms with Crippen molar-refractivity contribution in [1.82, 2.24) is 14.8 Å². The standard InChI is InChI=1S/C17H26ClN3/c1-3-4-15-19-20-16(18)21(15)11(2)17-8-12-5-13(9-17)7-14(6-12)10-17/h11-14H,3-10H2,1-2H3. The molecule has 1 atom stereocenters. The Bertz CT molecular complexity index is 501. The minimum Gasteiger partial charge on any atom is -0.298 e. The highest BCUT2D eigenvalue weighted by Gasteiger charge is 2.54. The Labute approximate surface area is 132 Å². The van der Waals surface area contributed by atoms with Crippen molar-refractivity contribution in [2.75, 3.05) is 0 Å². The maximum absolute atomic E-state index is 6.41. The zero-order valence-electron chi connectivity index (χ0n) is 13.2. The predicted octanol–water partition coefficient (Wildman–Crippen LogP) is 4.66. The fourth-order valence-electron chi connectivity index (χ4n) is 6.04. The largest absolute Gasteiger partial charge is 0.298 e. The predicted molar refractivity (Wildman–Crippen MR) is 84.3 cm³/mol. The van der Waals surface area contributed by atoms with E-state index in [0.29, 0.717) is 16.7 Å². The van der Waals surface area contributed by atoms with Gasteiger partial charge in [0.2, 0.25) is 5.28 Å². The monoisotopic (exact) mass is 307 g/mol. The molecule has 4 fully saturated rings. The summed E-state index contributed by atoms with van der Waals surface area (Å²) in [4.78, 5) is 0. The molecule has 1 unspecified atom stereocenters. The van der Waals surface area contributed by atoms with Gasteiger partial charge in [-0.2, -0.15) is 0 Å². The number of aromatic nitrogens is 3. The molecule has 0 saturated heterocycles. The molecule has 0 N–H and O–H groups in total. The molecule has 5 rings (SSSR count). The second kappa shape index (κ2) is 4.97. The first-order valence-corrected chi connectivity index (χ1v) is 9.08. The highest BCUT2D eigenvalue weighted by atomic mass is 35.5. The maximum Gasteiger partial charge on any atom is 0.225 e. The summed E-state index contributed by atoms with van der Waals surface area (Å²) in [6, 6.07) is 0.454. The molecule has 0 amide bonds. The van der Waals surface area contributed by atoms with Gasteiger partial charge in [-0.1, -0.05) is 6.92 Å². The molecule has 0 radical (unpaired) electrons. The third kappa shape index (κ3) is 2.15. The first-order chi connectivity index (χ1) is 10.1. The Kier molecular flexibility index (Phi) is 3.33. The van der Waals surface area contributed by atoms with Gasteiger partial charge >= 0.3 is 0 Å². The van der Waals surface area contributed by atoms with Crippen LogP contribution in [0, 0.1) is 23.2 Å². The van der Waals surface area contributed by atoms with Crippen molar-refractivity contribution in [3.05, 3.63) is 11.1 Å². The van der Waals surface area contributed by atoms with E-state index in [1.807, 2.05) is 0 Å². The molecule has 4 saturated carbocycles. The van der Waals surface area contributed by atoms with Gasteiger partial charge in [-0.15, -0.1) is 10.2 Å². The van der Waals surface area contributed by atoms with Crippen LogP contribution >= 0.6 is 11.6 Å². The smallest absolute Gasteiger partial charge is 0.225 e. The summed E-state index contributed by atoms with van der Waals surface area (Å²) in [6.07, 6.45) is 10.8. The molecule has 1 aromatic rings. The van der Waals surface area contributed by atoms with E-state index in [1.54, 1.807) is 0 Å². The summed E-state index contributed by atoms with van der Waals surface area (Å²) in [7, 11) is 0. The first-order valence-electron chi connectivity index (χ1n) is 8.70. The van der Waals surface area contributed by atoms with Crippen LogP contribution in [0.4, 0.5) is 0 Å². The topological polar surface area (TPSA) is 30.7 Å². The number of halogens is 1. The number of nitrogens with zero attached hydrogens (tertiary/aromatic N) is 3. The zero-order valence-corrected chi connectivity index (χ0v) is 13.9. The lowest BCUT2D eigenvalue weighted by atomic mass is 9.48. The summed E-state index contributed by atoms with van der Waals surface area (Å²) in [5.41, 5.74) is 0.462. The van der Waals surface area contributed by atoms with E-state index >= 15 is 0 Å². The van der Waals surface area contributed by atoms with E-state index in [2.05, 4.69) is 28.6 Å². The van der Waals surface area contributed by atoms with Crippen LogP contribution in [-0.4, -0.2) is 14.8 Å². The number of aryl methyl sites for hydroxylation is 1. The summed E-state index contributed by atoms with van der Waals surface area (Å²) in [6.45, 7) is 4.57. The summed E-state index contributed by atoms with van der Waals surface area (Å²) in [5.74, 6) is 4.02. The summed E-state index contributed by atoms with van der Waals surface area (Å²) in [5, 5.41) is 9.10. The first kappa shape index (κ1) is 14.0. The molecular weight excluding hydrogens is 282 g/mol. The van der Waals surface area contributed by atoms with Crippen LogP contribution in [0.3, 0.4) is 0 Å². The fraction of sp³-hybridized carbons (Fsp3) is 0.882. The van der Waals surface area contributed by atoms with Crippen molar-refractivity contribution in [2.45, 2.75) is 71.3 Å². The van der Waals surface area contributed by atoms with Crippen molar-refractivity contribution in [3.8, 4) is 0 Å². The lowest BCUT2D eigenvalue weighted by Crippen LogP contribution is -2.49. The molecular formula is C17H26ClN3. The zero-order chi connectivity index (χ0) is 14.6. The molecule has 4 heteroatoms. The van der Waals surface area contributed by atoms with Gasteiger partial charge in [-0.05, 0) is 86.6 Å². The van der Waals surface area contributed by atoms with Gasteiger partial charge in [0, 0.05) is 12.5 Å². The van der Waals surface area contributed by atoms with E-state index in [4.69, 9.17) is 11.6 Å². The third-order valence-electron chi connectivity index (χ3n) is 6.56. The fourth-order valence-corrected chi connectivity index (χ4v) is 6.32. The highest BCUT2D eigenvalue weighted by molar-refractivity contribution is 6.28. The van der Waals surface area contributed by atoms with E-state index in [9.17, 15) is 0 Å². The van der Waals surface area contributed by atoms with Crippen LogP contribution in [0.15, 0.2) is 0 Å². The SMILES string of the molecule is CCCc1nnc(Cl)n1C(C)C12CC3CC(CC(C3)C1)C2. The molecule has 4 bridgehead atoms. The van der Waals surface area contributed by atoms with Gasteiger partial charge in [-0.25, -0.2) is 0 Å². The lowest BCUT2D eigenvalue weighted by molar-refractivity contribution is -0.0792. The maximum atomic E-state index is 6.41. The van der Waals surface area contributed by atoms with Crippen LogP contribution < -0.4 is 0 Å². The minimum atomic E-state index is 0.454. The summed E-state index contributed by atoms with van der Waals surface area (Å²) >= 11 is 6.41. The molecule has 1 heterocycles. The second-order valence-electron chi connectivity index (χ2n) is 7.96. The van der Waals surface area contributed by atoms with Gasteiger partial charge in [-0.3, -0.25) is 4.57 Å². The Morgan fingerprint density at radius 1 is 1.14 bits per heavy atom. The average Bonchev–Trinajstić information content (AvgIpc) is 2.78. The number of rotatable bonds is 4. The van der Waals surface area contributed by atoms with Crippen molar-refractivity contribution in [2.24, 2.45) is 23.2 Å². The van der Waals surface area contributed by atoms with Gasteiger partial charge in [0.15, 0.2) is 0 Å². The third-order valence-corrected chi connectivity index (χ3v) is 6.82. The van der Waals surface area contributed by atoms with Gasteiger partial charge in [0.25, 0.3) is 0 Å². The quantitative estimate of drug-likeness (QED) is 0.810. The molecule has 0 aliphatic heterocycles. The second-order valence-corrected chi connectivity index (χ2v) is 8.30. The van der Waals surface area contributed by atoms with Crippen LogP contribution in [0.1, 0.15) is 70.7 Å². The van der Waals surface area contributed by atoms with Gasteiger partial charge < -0.3 is 0 Å². The Morgan fingerprint density at radius 2 is 1.71 bits per heavy atom. The minimum absolute atomic E-state index is 0.454. The van der Waals surface area contributed by atoms with Crippen LogP contribution in [0.5, 0.6) is 0 Å². The van der Waals surface area contributed by atoms with E-state index in [-0.39, 0.29) is 0 Å². The van der Waals surface area contributed by atoms with E-state index in [0.717, 1.165) is 36.4 Å². The van der Waals surface area contributed by atoms with E-state index in [1.165, 1.54) is 38.5 Å². The number of hydrogen-bond donors (Lipinski definition) is 0. The Morgan fingerprint density at radius 3 is 2.24 bits per heavy atom. The van der Waals surface area contributed by atoms with Gasteiger partial charge in [0.05, 0.1) is 0 Å². The normalized spacial score (nSPS) is 38.9. The average molecular weight is 308 g/mol. The molecule has 0 spiro atoms. The van der Waals surface area contributed by atoms with Crippen molar-refractivity contribution in [1.29, 1.82) is 0 Å². The lowest BCUT2D eigenvalue weighted by Gasteiger charge is -2.59. The Balaban J connectivity index is 1.68. The van der Waals surface area contributed by atoms with Crippen LogP contribution in [-0.2, 0) is 6.42 Å². The summed E-state index contributed by atoms with van der Waals surface area (Å²) < 4.78 is 2.26.